The second-order valence-electron chi connectivity index (χ2n) is 3.84. The van der Waals surface area contributed by atoms with Crippen LogP contribution in [0.2, 0.25) is 0 Å². The lowest BCUT2D eigenvalue weighted by molar-refractivity contribution is 0.248. The third-order valence-electron chi connectivity index (χ3n) is 2.03. The summed E-state index contributed by atoms with van der Waals surface area (Å²) in [4.78, 5) is 11.5. The van der Waals surface area contributed by atoms with Gasteiger partial charge in [0, 0.05) is 0 Å². The predicted octanol–water partition coefficient (Wildman–Crippen LogP) is 1.46. The van der Waals surface area contributed by atoms with Gasteiger partial charge < -0.3 is 5.32 Å². The smallest absolute Gasteiger partial charge is 0.317 e. The number of hydrogen-bond donors (Lipinski definition) is 2. The fourth-order valence-electron chi connectivity index (χ4n) is 1.44. The summed E-state index contributed by atoms with van der Waals surface area (Å²) in [5.74, 6) is 0. The highest BCUT2D eigenvalue weighted by molar-refractivity contribution is 5.93. The number of rotatable bonds is 1. The summed E-state index contributed by atoms with van der Waals surface area (Å²) in [6.07, 6.45) is 0. The fourth-order valence-corrected chi connectivity index (χ4v) is 1.44. The van der Waals surface area contributed by atoms with E-state index in [1.165, 1.54) is 5.01 Å². The van der Waals surface area contributed by atoms with E-state index >= 15 is 0 Å². The van der Waals surface area contributed by atoms with E-state index in [4.69, 9.17) is 0 Å². The summed E-state index contributed by atoms with van der Waals surface area (Å²) < 4.78 is 0. The zero-order valence-electron chi connectivity index (χ0n) is 8.24. The summed E-state index contributed by atoms with van der Waals surface area (Å²) in [6.45, 7) is 3.82. The third kappa shape index (κ3) is 1.56. The van der Waals surface area contributed by atoms with E-state index in [1.807, 2.05) is 44.2 Å². The van der Waals surface area contributed by atoms with Gasteiger partial charge in [0.1, 0.15) is 5.66 Å². The molecule has 0 bridgehead atoms. The number of nitrogens with zero attached hydrogens (tertiary/aromatic N) is 1. The molecule has 1 aliphatic heterocycles. The van der Waals surface area contributed by atoms with Crippen molar-refractivity contribution in [3.8, 4) is 0 Å². The molecule has 4 heteroatoms. The Kier molecular flexibility index (Phi) is 1.93. The molecular weight excluding hydrogens is 178 g/mol. The normalized spacial score (nSPS) is 19.6. The SMILES string of the molecule is CC1(C)NC(=O)N(c2ccccc2)N1. The van der Waals surface area contributed by atoms with Gasteiger partial charge in [-0.05, 0) is 26.0 Å². The van der Waals surface area contributed by atoms with E-state index in [-0.39, 0.29) is 11.7 Å². The molecule has 2 rings (SSSR count). The average Bonchev–Trinajstić information content (AvgIpc) is 2.41. The highest BCUT2D eigenvalue weighted by atomic mass is 16.2. The van der Waals surface area contributed by atoms with E-state index in [9.17, 15) is 4.79 Å². The molecule has 2 amide bonds. The third-order valence-corrected chi connectivity index (χ3v) is 2.03. The Morgan fingerprint density at radius 3 is 2.36 bits per heavy atom. The molecule has 1 heterocycles. The van der Waals surface area contributed by atoms with E-state index in [0.717, 1.165) is 5.69 Å². The maximum atomic E-state index is 11.5. The zero-order valence-corrected chi connectivity index (χ0v) is 8.24. The first-order valence-electron chi connectivity index (χ1n) is 4.54. The molecule has 1 aliphatic rings. The summed E-state index contributed by atoms with van der Waals surface area (Å²) in [5, 5.41) is 4.33. The van der Waals surface area contributed by atoms with Crippen LogP contribution in [0.5, 0.6) is 0 Å². The van der Waals surface area contributed by atoms with Crippen molar-refractivity contribution in [1.82, 2.24) is 10.7 Å². The number of carbonyl (C=O) groups is 1. The van der Waals surface area contributed by atoms with Gasteiger partial charge in [-0.25, -0.2) is 15.2 Å². The van der Waals surface area contributed by atoms with Crippen molar-refractivity contribution in [2.75, 3.05) is 5.01 Å². The minimum absolute atomic E-state index is 0.124. The number of nitrogens with one attached hydrogen (secondary N) is 2. The molecule has 1 aromatic rings. The van der Waals surface area contributed by atoms with Crippen LogP contribution in [0.1, 0.15) is 13.8 Å². The Morgan fingerprint density at radius 1 is 1.21 bits per heavy atom. The quantitative estimate of drug-likeness (QED) is 0.705. The molecule has 1 fully saturated rings. The Bertz CT molecular complexity index is 348. The van der Waals surface area contributed by atoms with Crippen molar-refractivity contribution in [2.24, 2.45) is 0 Å². The molecule has 74 valence electrons. The van der Waals surface area contributed by atoms with Gasteiger partial charge in [0.15, 0.2) is 0 Å². The van der Waals surface area contributed by atoms with Gasteiger partial charge in [0.05, 0.1) is 5.69 Å². The topological polar surface area (TPSA) is 44.4 Å². The molecule has 0 unspecified atom stereocenters. The van der Waals surface area contributed by atoms with Crippen molar-refractivity contribution in [2.45, 2.75) is 19.5 Å². The van der Waals surface area contributed by atoms with E-state index in [1.54, 1.807) is 0 Å². The molecule has 4 nitrogen and oxygen atoms in total. The van der Waals surface area contributed by atoms with Gasteiger partial charge in [-0.15, -0.1) is 0 Å². The van der Waals surface area contributed by atoms with E-state index in [0.29, 0.717) is 0 Å². The number of para-hydroxylation sites is 1. The van der Waals surface area contributed by atoms with Crippen molar-refractivity contribution >= 4 is 11.7 Å². The van der Waals surface area contributed by atoms with Crippen LogP contribution in [0.3, 0.4) is 0 Å². The summed E-state index contributed by atoms with van der Waals surface area (Å²) in [5.41, 5.74) is 3.53. The maximum absolute atomic E-state index is 11.5. The second kappa shape index (κ2) is 2.99. The number of anilines is 1. The molecular formula is C10H13N3O. The first-order valence-corrected chi connectivity index (χ1v) is 4.54. The zero-order chi connectivity index (χ0) is 10.2. The van der Waals surface area contributed by atoms with Crippen molar-refractivity contribution in [3.05, 3.63) is 30.3 Å². The van der Waals surface area contributed by atoms with Gasteiger partial charge in [0.25, 0.3) is 0 Å². The highest BCUT2D eigenvalue weighted by Crippen LogP contribution is 2.17. The van der Waals surface area contributed by atoms with Crippen LogP contribution < -0.4 is 15.8 Å². The lowest BCUT2D eigenvalue weighted by Crippen LogP contribution is -2.45. The van der Waals surface area contributed by atoms with Crippen LogP contribution in [0.25, 0.3) is 0 Å². The molecule has 0 aromatic heterocycles. The van der Waals surface area contributed by atoms with Gasteiger partial charge in [-0.1, -0.05) is 18.2 Å². The van der Waals surface area contributed by atoms with E-state index < -0.39 is 0 Å². The number of amides is 2. The molecule has 0 aliphatic carbocycles. The van der Waals surface area contributed by atoms with E-state index in [2.05, 4.69) is 10.7 Å². The molecule has 0 atom stereocenters. The number of hydrogen-bond acceptors (Lipinski definition) is 2. The highest BCUT2D eigenvalue weighted by Gasteiger charge is 2.34. The van der Waals surface area contributed by atoms with Crippen molar-refractivity contribution in [1.29, 1.82) is 0 Å². The van der Waals surface area contributed by atoms with Gasteiger partial charge in [-0.2, -0.15) is 0 Å². The molecule has 1 saturated heterocycles. The molecule has 0 spiro atoms. The first-order chi connectivity index (χ1) is 6.58. The lowest BCUT2D eigenvalue weighted by Gasteiger charge is -2.19. The molecule has 1 aromatic carbocycles. The molecule has 2 N–H and O–H groups in total. The van der Waals surface area contributed by atoms with Gasteiger partial charge in [-0.3, -0.25) is 0 Å². The van der Waals surface area contributed by atoms with Gasteiger partial charge in [0.2, 0.25) is 0 Å². The summed E-state index contributed by atoms with van der Waals surface area (Å²) >= 11 is 0. The molecule has 0 radical (unpaired) electrons. The lowest BCUT2D eigenvalue weighted by atomic mass is 10.3. The van der Waals surface area contributed by atoms with Crippen molar-refractivity contribution < 1.29 is 4.79 Å². The van der Waals surface area contributed by atoms with Crippen LogP contribution in [-0.4, -0.2) is 11.7 Å². The summed E-state index contributed by atoms with van der Waals surface area (Å²) in [6, 6.07) is 9.36. The van der Waals surface area contributed by atoms with Crippen LogP contribution in [0, 0.1) is 0 Å². The van der Waals surface area contributed by atoms with Crippen LogP contribution in [0.15, 0.2) is 30.3 Å². The largest absolute Gasteiger partial charge is 0.338 e. The molecule has 0 saturated carbocycles. The first kappa shape index (κ1) is 9.02. The Morgan fingerprint density at radius 2 is 1.86 bits per heavy atom. The maximum Gasteiger partial charge on any atom is 0.338 e. The minimum atomic E-state index is -0.382. The standard InChI is InChI=1S/C10H13N3O/c1-10(2)11-9(14)13(12-10)8-6-4-3-5-7-8/h3-7,12H,1-2H3,(H,11,14). The number of carbonyl (C=O) groups excluding carboxylic acids is 1. The second-order valence-corrected chi connectivity index (χ2v) is 3.84. The number of benzene rings is 1. The summed E-state index contributed by atoms with van der Waals surface area (Å²) in [7, 11) is 0. The van der Waals surface area contributed by atoms with Crippen LogP contribution in [-0.2, 0) is 0 Å². The monoisotopic (exact) mass is 191 g/mol. The fraction of sp³-hybridized carbons (Fsp3) is 0.300. The Hall–Kier alpha value is -1.55. The minimum Gasteiger partial charge on any atom is -0.317 e. The predicted molar refractivity (Wildman–Crippen MR) is 54.7 cm³/mol. The van der Waals surface area contributed by atoms with Crippen molar-refractivity contribution in [3.63, 3.8) is 0 Å². The average molecular weight is 191 g/mol. The molecule has 14 heavy (non-hydrogen) atoms. The van der Waals surface area contributed by atoms with Crippen LogP contribution >= 0.6 is 0 Å². The number of urea groups is 1. The Balaban J connectivity index is 2.26. The Labute approximate surface area is 82.9 Å². The number of hydrazine groups is 1. The van der Waals surface area contributed by atoms with Crippen LogP contribution in [0.4, 0.5) is 10.5 Å². The van der Waals surface area contributed by atoms with Gasteiger partial charge >= 0.3 is 6.03 Å².